The average molecular weight is 562 g/mol. The number of halogens is 2. The lowest BCUT2D eigenvalue weighted by Crippen LogP contribution is -2.45. The Morgan fingerprint density at radius 2 is 1.85 bits per heavy atom. The van der Waals surface area contributed by atoms with Crippen molar-refractivity contribution in [1.29, 1.82) is 0 Å². The Labute approximate surface area is 217 Å². The summed E-state index contributed by atoms with van der Waals surface area (Å²) in [7, 11) is 0.405. The fourth-order valence-electron chi connectivity index (χ4n) is 3.99. The third kappa shape index (κ3) is 5.59. The standard InChI is InChI=1S/C22H26Cl2N4O3S3/c1-26(2)11-4-12-28(22-25-20-16(23)5-3-6-17(20)32-22)21(29)15-9-13-27(14-10-15)34(30,31)19-8-7-18(24)33-19/h3,5-8,15H,4,9-14H2,1-2H3. The summed E-state index contributed by atoms with van der Waals surface area (Å²) in [5.41, 5.74) is 0.699. The molecular formula is C22H26Cl2N4O3S3. The molecule has 2 aromatic heterocycles. The molecule has 34 heavy (non-hydrogen) atoms. The molecule has 0 bridgehead atoms. The number of benzene rings is 1. The average Bonchev–Trinajstić information content (AvgIpc) is 3.44. The molecule has 4 rings (SSSR count). The number of sulfonamides is 1. The number of carbonyl (C=O) groups is 1. The van der Waals surface area contributed by atoms with Crippen molar-refractivity contribution in [1.82, 2.24) is 14.2 Å². The van der Waals surface area contributed by atoms with E-state index in [9.17, 15) is 13.2 Å². The molecule has 0 aliphatic carbocycles. The maximum atomic E-state index is 13.6. The molecule has 1 fully saturated rings. The number of hydrogen-bond donors (Lipinski definition) is 0. The minimum Gasteiger partial charge on any atom is -0.309 e. The van der Waals surface area contributed by atoms with Gasteiger partial charge >= 0.3 is 0 Å². The molecular weight excluding hydrogens is 535 g/mol. The first-order valence-electron chi connectivity index (χ1n) is 10.9. The number of hydrogen-bond acceptors (Lipinski definition) is 7. The number of fused-ring (bicyclic) bond motifs is 1. The number of thiophene rings is 1. The molecule has 0 radical (unpaired) electrons. The second-order valence-corrected chi connectivity index (χ2v) is 13.8. The number of para-hydroxylation sites is 1. The summed E-state index contributed by atoms with van der Waals surface area (Å²) in [6.45, 7) is 1.98. The quantitative estimate of drug-likeness (QED) is 0.385. The van der Waals surface area contributed by atoms with Crippen molar-refractivity contribution in [2.75, 3.05) is 45.2 Å². The fourth-order valence-corrected chi connectivity index (χ4v) is 8.39. The maximum absolute atomic E-state index is 13.6. The molecule has 7 nitrogen and oxygen atoms in total. The van der Waals surface area contributed by atoms with Crippen LogP contribution in [0.4, 0.5) is 5.13 Å². The van der Waals surface area contributed by atoms with Gasteiger partial charge < -0.3 is 4.90 Å². The molecule has 1 amide bonds. The summed E-state index contributed by atoms with van der Waals surface area (Å²) in [5.74, 6) is -0.273. The molecule has 3 aromatic rings. The highest BCUT2D eigenvalue weighted by atomic mass is 35.5. The van der Waals surface area contributed by atoms with Crippen LogP contribution in [0.25, 0.3) is 10.2 Å². The predicted octanol–water partition coefficient (Wildman–Crippen LogP) is 5.05. The largest absolute Gasteiger partial charge is 0.309 e. The summed E-state index contributed by atoms with van der Waals surface area (Å²) in [5, 5.41) is 1.20. The number of anilines is 1. The summed E-state index contributed by atoms with van der Waals surface area (Å²) in [6.07, 6.45) is 1.73. The number of carbonyl (C=O) groups excluding carboxylic acids is 1. The fraction of sp³-hybridized carbons (Fsp3) is 0.455. The molecule has 0 N–H and O–H groups in total. The Hall–Kier alpha value is -1.27. The van der Waals surface area contributed by atoms with Crippen LogP contribution in [0.3, 0.4) is 0 Å². The monoisotopic (exact) mass is 560 g/mol. The van der Waals surface area contributed by atoms with Crippen molar-refractivity contribution < 1.29 is 13.2 Å². The third-order valence-corrected chi connectivity index (χ3v) is 10.7. The van der Waals surface area contributed by atoms with Crippen LogP contribution in [-0.2, 0) is 14.8 Å². The van der Waals surface area contributed by atoms with E-state index in [0.29, 0.717) is 52.5 Å². The van der Waals surface area contributed by atoms with Crippen molar-refractivity contribution >= 4 is 77.2 Å². The van der Waals surface area contributed by atoms with Crippen molar-refractivity contribution in [3.8, 4) is 0 Å². The molecule has 1 saturated heterocycles. The molecule has 0 atom stereocenters. The minimum absolute atomic E-state index is 0.00912. The molecule has 1 aliphatic heterocycles. The molecule has 0 unspecified atom stereocenters. The number of rotatable bonds is 8. The van der Waals surface area contributed by atoms with Crippen LogP contribution in [0.1, 0.15) is 19.3 Å². The van der Waals surface area contributed by atoms with Gasteiger partial charge in [-0.15, -0.1) is 11.3 Å². The zero-order valence-electron chi connectivity index (χ0n) is 18.9. The molecule has 1 aliphatic rings. The van der Waals surface area contributed by atoms with E-state index in [2.05, 4.69) is 9.88 Å². The Bertz CT molecular complexity index is 1270. The molecule has 3 heterocycles. The first kappa shape index (κ1) is 25.8. The van der Waals surface area contributed by atoms with Gasteiger partial charge in [-0.3, -0.25) is 9.69 Å². The van der Waals surface area contributed by atoms with Crippen molar-refractivity contribution in [2.45, 2.75) is 23.5 Å². The second-order valence-electron chi connectivity index (χ2n) is 8.47. The van der Waals surface area contributed by atoms with Crippen LogP contribution in [0.15, 0.2) is 34.5 Å². The van der Waals surface area contributed by atoms with Gasteiger partial charge in [0, 0.05) is 25.6 Å². The van der Waals surface area contributed by atoms with Gasteiger partial charge in [0.15, 0.2) is 5.13 Å². The topological polar surface area (TPSA) is 73.8 Å². The van der Waals surface area contributed by atoms with Gasteiger partial charge in [-0.1, -0.05) is 40.6 Å². The smallest absolute Gasteiger partial charge is 0.252 e. The van der Waals surface area contributed by atoms with E-state index in [1.165, 1.54) is 21.7 Å². The Morgan fingerprint density at radius 3 is 2.47 bits per heavy atom. The van der Waals surface area contributed by atoms with Gasteiger partial charge in [0.1, 0.15) is 9.73 Å². The Morgan fingerprint density at radius 1 is 1.12 bits per heavy atom. The highest BCUT2D eigenvalue weighted by molar-refractivity contribution is 7.91. The van der Waals surface area contributed by atoms with E-state index in [0.717, 1.165) is 29.0 Å². The SMILES string of the molecule is CN(C)CCCN(C(=O)C1CCN(S(=O)(=O)c2ccc(Cl)s2)CC1)c1nc2c(Cl)cccc2s1. The van der Waals surface area contributed by atoms with Crippen molar-refractivity contribution in [3.05, 3.63) is 39.7 Å². The number of aromatic nitrogens is 1. The normalized spacial score (nSPS) is 15.9. The maximum Gasteiger partial charge on any atom is 0.252 e. The van der Waals surface area contributed by atoms with Crippen LogP contribution < -0.4 is 4.90 Å². The number of nitrogens with zero attached hydrogens (tertiary/aromatic N) is 4. The van der Waals surface area contributed by atoms with Crippen LogP contribution in [0.5, 0.6) is 0 Å². The molecule has 1 aromatic carbocycles. The van der Waals surface area contributed by atoms with E-state index in [1.54, 1.807) is 17.0 Å². The van der Waals surface area contributed by atoms with E-state index in [1.807, 2.05) is 26.2 Å². The number of piperidine rings is 1. The van der Waals surface area contributed by atoms with E-state index in [4.69, 9.17) is 23.2 Å². The van der Waals surface area contributed by atoms with E-state index < -0.39 is 10.0 Å². The van der Waals surface area contributed by atoms with Crippen LogP contribution in [0, 0.1) is 5.92 Å². The van der Waals surface area contributed by atoms with Gasteiger partial charge in [-0.05, 0) is 64.2 Å². The number of amides is 1. The van der Waals surface area contributed by atoms with Crippen molar-refractivity contribution in [2.24, 2.45) is 5.92 Å². The van der Waals surface area contributed by atoms with E-state index in [-0.39, 0.29) is 16.0 Å². The summed E-state index contributed by atoms with van der Waals surface area (Å²) < 4.78 is 28.9. The molecule has 12 heteroatoms. The molecule has 0 spiro atoms. The zero-order valence-corrected chi connectivity index (χ0v) is 22.9. The lowest BCUT2D eigenvalue weighted by Gasteiger charge is -2.32. The highest BCUT2D eigenvalue weighted by Gasteiger charge is 2.35. The van der Waals surface area contributed by atoms with Gasteiger partial charge in [-0.2, -0.15) is 4.31 Å². The second kappa shape index (κ2) is 10.8. The highest BCUT2D eigenvalue weighted by Crippen LogP contribution is 2.35. The third-order valence-electron chi connectivity index (χ3n) is 5.79. The van der Waals surface area contributed by atoms with Crippen LogP contribution in [0.2, 0.25) is 9.36 Å². The summed E-state index contributed by atoms with van der Waals surface area (Å²) >= 11 is 14.8. The molecule has 184 valence electrons. The first-order valence-corrected chi connectivity index (χ1v) is 14.8. The summed E-state index contributed by atoms with van der Waals surface area (Å²) in [4.78, 5) is 22.2. The van der Waals surface area contributed by atoms with Gasteiger partial charge in [0.25, 0.3) is 10.0 Å². The Kier molecular flexibility index (Phi) is 8.18. The first-order chi connectivity index (χ1) is 16.2. The predicted molar refractivity (Wildman–Crippen MR) is 141 cm³/mol. The molecule has 0 saturated carbocycles. The van der Waals surface area contributed by atoms with E-state index >= 15 is 0 Å². The lowest BCUT2D eigenvalue weighted by molar-refractivity contribution is -0.123. The van der Waals surface area contributed by atoms with Gasteiger partial charge in [0.2, 0.25) is 5.91 Å². The van der Waals surface area contributed by atoms with Gasteiger partial charge in [0.05, 0.1) is 14.1 Å². The van der Waals surface area contributed by atoms with Crippen LogP contribution in [-0.4, -0.2) is 68.8 Å². The minimum atomic E-state index is -3.60. The number of thiazole rings is 1. The zero-order chi connectivity index (χ0) is 24.5. The lowest BCUT2D eigenvalue weighted by atomic mass is 9.96. The van der Waals surface area contributed by atoms with Crippen molar-refractivity contribution in [3.63, 3.8) is 0 Å². The summed E-state index contributed by atoms with van der Waals surface area (Å²) in [6, 6.07) is 8.74. The Balaban J connectivity index is 1.50. The van der Waals surface area contributed by atoms with Crippen LogP contribution >= 0.6 is 45.9 Å². The van der Waals surface area contributed by atoms with Gasteiger partial charge in [-0.25, -0.2) is 13.4 Å².